The Kier molecular flexibility index (Phi) is 2.90. The monoisotopic (exact) mass is 256 g/mol. The Balaban J connectivity index is 2.54. The summed E-state index contributed by atoms with van der Waals surface area (Å²) in [6.45, 7) is 0. The molecule has 0 aliphatic rings. The van der Waals surface area contributed by atoms with Crippen molar-refractivity contribution in [2.75, 3.05) is 0 Å². The fraction of sp³-hybridized carbons (Fsp3) is 0. The Morgan fingerprint density at radius 3 is 2.25 bits per heavy atom. The van der Waals surface area contributed by atoms with Gasteiger partial charge in [-0.25, -0.2) is 4.79 Å². The topological polar surface area (TPSA) is 50.4 Å². The van der Waals surface area contributed by atoms with Gasteiger partial charge < -0.3 is 9.52 Å². The molecule has 3 nitrogen and oxygen atoms in total. The third-order valence-corrected chi connectivity index (χ3v) is 2.66. The Hall–Kier alpha value is -1.45. The molecule has 0 amide bonds. The van der Waals surface area contributed by atoms with Crippen molar-refractivity contribution in [1.29, 1.82) is 0 Å². The van der Waals surface area contributed by atoms with E-state index in [-0.39, 0.29) is 5.76 Å². The summed E-state index contributed by atoms with van der Waals surface area (Å²) in [4.78, 5) is 10.7. The number of benzene rings is 1. The van der Waals surface area contributed by atoms with E-state index in [0.29, 0.717) is 21.4 Å². The molecular formula is C11H6Cl2O3. The van der Waals surface area contributed by atoms with E-state index >= 15 is 0 Å². The molecule has 0 saturated carbocycles. The number of carboxylic acids is 1. The minimum Gasteiger partial charge on any atom is -0.475 e. The number of aromatic carboxylic acids is 1. The maximum Gasteiger partial charge on any atom is 0.371 e. The summed E-state index contributed by atoms with van der Waals surface area (Å²) in [5.41, 5.74) is 0.498. The zero-order valence-corrected chi connectivity index (χ0v) is 9.42. The fourth-order valence-electron chi connectivity index (χ4n) is 1.32. The van der Waals surface area contributed by atoms with E-state index in [0.717, 1.165) is 0 Å². The first kappa shape index (κ1) is 11.0. The molecule has 0 unspecified atom stereocenters. The van der Waals surface area contributed by atoms with Crippen LogP contribution in [0.15, 0.2) is 34.7 Å². The number of hydrogen-bond acceptors (Lipinski definition) is 2. The van der Waals surface area contributed by atoms with Crippen LogP contribution in [0.5, 0.6) is 0 Å². The van der Waals surface area contributed by atoms with E-state index in [1.54, 1.807) is 18.2 Å². The quantitative estimate of drug-likeness (QED) is 0.885. The molecule has 0 saturated heterocycles. The minimum atomic E-state index is -1.13. The van der Waals surface area contributed by atoms with Crippen LogP contribution in [0, 0.1) is 0 Å². The van der Waals surface area contributed by atoms with Crippen LogP contribution in [0.2, 0.25) is 10.0 Å². The van der Waals surface area contributed by atoms with Crippen LogP contribution >= 0.6 is 23.2 Å². The molecule has 2 rings (SSSR count). The highest BCUT2D eigenvalue weighted by atomic mass is 35.5. The van der Waals surface area contributed by atoms with Crippen LogP contribution in [0.4, 0.5) is 0 Å². The number of carbonyl (C=O) groups is 1. The summed E-state index contributed by atoms with van der Waals surface area (Å²) in [6, 6.07) is 7.90. The van der Waals surface area contributed by atoms with Gasteiger partial charge in [-0.3, -0.25) is 0 Å². The molecule has 0 spiro atoms. The lowest BCUT2D eigenvalue weighted by Crippen LogP contribution is -1.91. The molecule has 16 heavy (non-hydrogen) atoms. The van der Waals surface area contributed by atoms with Crippen LogP contribution < -0.4 is 0 Å². The van der Waals surface area contributed by atoms with Crippen molar-refractivity contribution in [2.24, 2.45) is 0 Å². The summed E-state index contributed by atoms with van der Waals surface area (Å²) in [6.07, 6.45) is 0. The van der Waals surface area contributed by atoms with Gasteiger partial charge in [0, 0.05) is 0 Å². The van der Waals surface area contributed by atoms with Gasteiger partial charge in [-0.2, -0.15) is 0 Å². The van der Waals surface area contributed by atoms with Crippen molar-refractivity contribution >= 4 is 29.2 Å². The molecule has 0 bridgehead atoms. The van der Waals surface area contributed by atoms with Crippen molar-refractivity contribution in [3.8, 4) is 11.3 Å². The van der Waals surface area contributed by atoms with Crippen LogP contribution in [0.3, 0.4) is 0 Å². The standard InChI is InChI=1S/C11H6Cl2O3/c12-6-2-1-3-7(13)10(6)8-4-5-9(16-8)11(14)15/h1-5H,(H,14,15). The first-order valence-electron chi connectivity index (χ1n) is 4.37. The third kappa shape index (κ3) is 1.92. The molecule has 5 heteroatoms. The average molecular weight is 257 g/mol. The lowest BCUT2D eigenvalue weighted by Gasteiger charge is -2.02. The zero-order chi connectivity index (χ0) is 11.7. The summed E-state index contributed by atoms with van der Waals surface area (Å²) in [7, 11) is 0. The van der Waals surface area contributed by atoms with E-state index in [1.807, 2.05) is 0 Å². The van der Waals surface area contributed by atoms with Crippen molar-refractivity contribution in [1.82, 2.24) is 0 Å². The van der Waals surface area contributed by atoms with Crippen molar-refractivity contribution in [3.63, 3.8) is 0 Å². The van der Waals surface area contributed by atoms with Gasteiger partial charge in [0.15, 0.2) is 0 Å². The van der Waals surface area contributed by atoms with Crippen molar-refractivity contribution in [2.45, 2.75) is 0 Å². The normalized spacial score (nSPS) is 10.4. The molecule has 0 aliphatic carbocycles. The highest BCUT2D eigenvalue weighted by Crippen LogP contribution is 2.35. The van der Waals surface area contributed by atoms with Gasteiger partial charge in [-0.15, -0.1) is 0 Å². The molecule has 1 N–H and O–H groups in total. The third-order valence-electron chi connectivity index (χ3n) is 2.03. The van der Waals surface area contributed by atoms with Crippen molar-refractivity contribution in [3.05, 3.63) is 46.1 Å². The molecule has 0 fully saturated rings. The van der Waals surface area contributed by atoms with Gasteiger partial charge in [0.2, 0.25) is 5.76 Å². The molecule has 1 aromatic carbocycles. The molecule has 1 heterocycles. The Morgan fingerprint density at radius 1 is 1.12 bits per heavy atom. The van der Waals surface area contributed by atoms with Gasteiger partial charge in [-0.05, 0) is 24.3 Å². The number of carboxylic acid groups (broad SMARTS) is 1. The van der Waals surface area contributed by atoms with E-state index < -0.39 is 5.97 Å². The smallest absolute Gasteiger partial charge is 0.371 e. The summed E-state index contributed by atoms with van der Waals surface area (Å²) in [5.74, 6) is -0.937. The maximum atomic E-state index is 10.7. The second kappa shape index (κ2) is 4.20. The van der Waals surface area contributed by atoms with Gasteiger partial charge in [0.05, 0.1) is 15.6 Å². The number of furan rings is 1. The van der Waals surface area contributed by atoms with Crippen molar-refractivity contribution < 1.29 is 14.3 Å². The molecule has 2 aromatic rings. The SMILES string of the molecule is O=C(O)c1ccc(-c2c(Cl)cccc2Cl)o1. The Morgan fingerprint density at radius 2 is 1.75 bits per heavy atom. The predicted octanol–water partition coefficient (Wildman–Crippen LogP) is 3.95. The van der Waals surface area contributed by atoms with Crippen LogP contribution in [-0.4, -0.2) is 11.1 Å². The predicted molar refractivity (Wildman–Crippen MR) is 61.1 cm³/mol. The number of hydrogen-bond donors (Lipinski definition) is 1. The van der Waals surface area contributed by atoms with Crippen LogP contribution in [0.25, 0.3) is 11.3 Å². The lowest BCUT2D eigenvalue weighted by molar-refractivity contribution is 0.0663. The van der Waals surface area contributed by atoms with E-state index in [2.05, 4.69) is 0 Å². The van der Waals surface area contributed by atoms with Gasteiger partial charge in [0.1, 0.15) is 5.76 Å². The minimum absolute atomic E-state index is 0.147. The Labute approximate surface area is 101 Å². The molecular weight excluding hydrogens is 251 g/mol. The number of halogens is 2. The van der Waals surface area contributed by atoms with Crippen LogP contribution in [-0.2, 0) is 0 Å². The summed E-state index contributed by atoms with van der Waals surface area (Å²) in [5, 5.41) is 9.56. The van der Waals surface area contributed by atoms with Gasteiger partial charge >= 0.3 is 5.97 Å². The highest BCUT2D eigenvalue weighted by Gasteiger charge is 2.14. The first-order chi connectivity index (χ1) is 7.59. The molecule has 0 aliphatic heterocycles. The second-order valence-corrected chi connectivity index (χ2v) is 3.88. The highest BCUT2D eigenvalue weighted by molar-refractivity contribution is 6.39. The maximum absolute atomic E-state index is 10.7. The molecule has 82 valence electrons. The number of rotatable bonds is 2. The second-order valence-electron chi connectivity index (χ2n) is 3.07. The average Bonchev–Trinajstić information content (AvgIpc) is 2.66. The molecule has 0 radical (unpaired) electrons. The van der Waals surface area contributed by atoms with Crippen LogP contribution in [0.1, 0.15) is 10.6 Å². The van der Waals surface area contributed by atoms with E-state index in [4.69, 9.17) is 32.7 Å². The molecule has 0 atom stereocenters. The summed E-state index contributed by atoms with van der Waals surface area (Å²) < 4.78 is 5.12. The fourth-order valence-corrected chi connectivity index (χ4v) is 1.90. The van der Waals surface area contributed by atoms with E-state index in [9.17, 15) is 4.79 Å². The van der Waals surface area contributed by atoms with Gasteiger partial charge in [0.25, 0.3) is 0 Å². The summed E-state index contributed by atoms with van der Waals surface area (Å²) >= 11 is 11.9. The zero-order valence-electron chi connectivity index (χ0n) is 7.91. The largest absolute Gasteiger partial charge is 0.475 e. The Bertz CT molecular complexity index is 526. The lowest BCUT2D eigenvalue weighted by atomic mass is 10.2. The van der Waals surface area contributed by atoms with E-state index in [1.165, 1.54) is 12.1 Å². The van der Waals surface area contributed by atoms with Gasteiger partial charge in [-0.1, -0.05) is 29.3 Å². The first-order valence-corrected chi connectivity index (χ1v) is 5.12. The molecule has 1 aromatic heterocycles.